The van der Waals surface area contributed by atoms with Crippen LogP contribution in [0, 0.1) is 6.92 Å². The third kappa shape index (κ3) is 3.44. The minimum atomic E-state index is -0.0540. The first kappa shape index (κ1) is 17.6. The topological polar surface area (TPSA) is 54.3 Å². The van der Waals surface area contributed by atoms with Crippen molar-refractivity contribution in [2.75, 3.05) is 13.6 Å². The highest BCUT2D eigenvalue weighted by Crippen LogP contribution is 2.27. The molecule has 3 rings (SSSR count). The fourth-order valence-electron chi connectivity index (χ4n) is 3.21. The van der Waals surface area contributed by atoms with Gasteiger partial charge in [-0.1, -0.05) is 6.07 Å². The van der Waals surface area contributed by atoms with Crippen molar-refractivity contribution in [2.24, 2.45) is 0 Å². The summed E-state index contributed by atoms with van der Waals surface area (Å²) < 4.78 is 2.26. The molecule has 0 bridgehead atoms. The normalized spacial score (nSPS) is 17.2. The summed E-state index contributed by atoms with van der Waals surface area (Å²) in [4.78, 5) is 26.0. The third-order valence-corrected chi connectivity index (χ3v) is 5.04. The summed E-state index contributed by atoms with van der Waals surface area (Å²) in [5.41, 5.74) is 2.57. The molecule has 0 N–H and O–H groups in total. The molecule has 0 fully saturated rings. The largest absolute Gasteiger partial charge is 0.327 e. The number of nitrogens with zero attached hydrogens (tertiary/aromatic N) is 5. The van der Waals surface area contributed by atoms with Gasteiger partial charge < -0.3 is 9.47 Å². The molecule has 6 heteroatoms. The molecule has 3 heterocycles. The molecule has 0 unspecified atom stereocenters. The molecule has 134 valence electrons. The second-order valence-corrected chi connectivity index (χ2v) is 7.11. The van der Waals surface area contributed by atoms with Crippen LogP contribution in [0.2, 0.25) is 0 Å². The predicted octanol–water partition coefficient (Wildman–Crippen LogP) is 2.64. The lowest BCUT2D eigenvalue weighted by Crippen LogP contribution is -2.42. The summed E-state index contributed by atoms with van der Waals surface area (Å²) >= 11 is 0. The Bertz CT molecular complexity index is 767. The van der Waals surface area contributed by atoms with E-state index in [0.29, 0.717) is 18.3 Å². The van der Waals surface area contributed by atoms with Gasteiger partial charge in [0.15, 0.2) is 0 Å². The quantitative estimate of drug-likeness (QED) is 0.858. The van der Waals surface area contributed by atoms with Gasteiger partial charge in [0.1, 0.15) is 11.5 Å². The molecule has 6 nitrogen and oxygen atoms in total. The molecule has 0 spiro atoms. The number of aryl methyl sites for hydroxylation is 1. The fraction of sp³-hybridized carbons (Fsp3) is 0.526. The van der Waals surface area contributed by atoms with Crippen LogP contribution in [-0.4, -0.2) is 49.9 Å². The van der Waals surface area contributed by atoms with Crippen molar-refractivity contribution < 1.29 is 4.79 Å². The highest BCUT2D eigenvalue weighted by Gasteiger charge is 2.31. The number of carbonyl (C=O) groups is 1. The van der Waals surface area contributed by atoms with E-state index in [1.807, 2.05) is 37.1 Å². The molecule has 2 aromatic rings. The summed E-state index contributed by atoms with van der Waals surface area (Å²) in [7, 11) is 2.12. The van der Waals surface area contributed by atoms with Crippen LogP contribution in [0.3, 0.4) is 0 Å². The Hall–Kier alpha value is -2.21. The maximum absolute atomic E-state index is 12.9. The molecule has 1 aliphatic heterocycles. The Morgan fingerprint density at radius 1 is 1.36 bits per heavy atom. The molecular weight excluding hydrogens is 314 g/mol. The SMILES string of the molecule is Cc1cccc(C(=O)N2CCn3c(CN(C)C(C)C)cnc3[C@H]2C)n1. The average molecular weight is 341 g/mol. The van der Waals surface area contributed by atoms with Gasteiger partial charge in [0.2, 0.25) is 0 Å². The van der Waals surface area contributed by atoms with Crippen LogP contribution in [0.1, 0.15) is 54.5 Å². The van der Waals surface area contributed by atoms with E-state index in [9.17, 15) is 4.79 Å². The van der Waals surface area contributed by atoms with E-state index in [0.717, 1.165) is 24.6 Å². The zero-order chi connectivity index (χ0) is 18.1. The second-order valence-electron chi connectivity index (χ2n) is 7.11. The maximum Gasteiger partial charge on any atom is 0.273 e. The second kappa shape index (κ2) is 6.96. The number of imidazole rings is 1. The lowest BCUT2D eigenvalue weighted by Gasteiger charge is -2.34. The number of hydrogen-bond acceptors (Lipinski definition) is 4. The molecule has 0 radical (unpaired) electrons. The summed E-state index contributed by atoms with van der Waals surface area (Å²) in [5.74, 6) is 0.936. The van der Waals surface area contributed by atoms with E-state index < -0.39 is 0 Å². The van der Waals surface area contributed by atoms with Gasteiger partial charge in [0, 0.05) is 37.6 Å². The molecule has 0 saturated carbocycles. The molecule has 2 aromatic heterocycles. The van der Waals surface area contributed by atoms with E-state index in [1.54, 1.807) is 6.07 Å². The minimum Gasteiger partial charge on any atom is -0.327 e. The first-order valence-corrected chi connectivity index (χ1v) is 8.87. The first-order valence-electron chi connectivity index (χ1n) is 8.87. The van der Waals surface area contributed by atoms with Crippen molar-refractivity contribution in [3.63, 3.8) is 0 Å². The van der Waals surface area contributed by atoms with Crippen molar-refractivity contribution in [2.45, 2.75) is 52.9 Å². The standard InChI is InChI=1S/C19H27N5O/c1-13(2)22(5)12-16-11-20-18-15(4)23(9-10-24(16)18)19(25)17-8-6-7-14(3)21-17/h6-8,11,13,15H,9-10,12H2,1-5H3/t15-/m1/s1. The summed E-state index contributed by atoms with van der Waals surface area (Å²) in [6.07, 6.45) is 1.95. The van der Waals surface area contributed by atoms with Gasteiger partial charge in [-0.2, -0.15) is 0 Å². The molecule has 0 aromatic carbocycles. The first-order chi connectivity index (χ1) is 11.9. The van der Waals surface area contributed by atoms with Crippen LogP contribution in [0.4, 0.5) is 0 Å². The van der Waals surface area contributed by atoms with Crippen LogP contribution in [0.15, 0.2) is 24.4 Å². The third-order valence-electron chi connectivity index (χ3n) is 5.04. The lowest BCUT2D eigenvalue weighted by molar-refractivity contribution is 0.0628. The zero-order valence-corrected chi connectivity index (χ0v) is 15.7. The van der Waals surface area contributed by atoms with Gasteiger partial charge in [-0.05, 0) is 46.9 Å². The molecule has 1 amide bonds. The molecular formula is C19H27N5O. The number of amides is 1. The molecule has 1 atom stereocenters. The maximum atomic E-state index is 12.9. The van der Waals surface area contributed by atoms with Crippen LogP contribution in [0.25, 0.3) is 0 Å². The molecule has 0 saturated heterocycles. The number of aromatic nitrogens is 3. The van der Waals surface area contributed by atoms with Crippen LogP contribution in [-0.2, 0) is 13.1 Å². The average Bonchev–Trinajstić information content (AvgIpc) is 2.98. The summed E-state index contributed by atoms with van der Waals surface area (Å²) in [6, 6.07) is 6.00. The van der Waals surface area contributed by atoms with Crippen molar-refractivity contribution in [1.29, 1.82) is 0 Å². The molecule has 1 aliphatic rings. The Morgan fingerprint density at radius 3 is 2.80 bits per heavy atom. The van der Waals surface area contributed by atoms with Gasteiger partial charge in [0.05, 0.1) is 11.7 Å². The molecule has 0 aliphatic carbocycles. The highest BCUT2D eigenvalue weighted by atomic mass is 16.2. The highest BCUT2D eigenvalue weighted by molar-refractivity contribution is 5.92. The van der Waals surface area contributed by atoms with E-state index >= 15 is 0 Å². The van der Waals surface area contributed by atoms with Gasteiger partial charge in [0.25, 0.3) is 5.91 Å². The number of fused-ring (bicyclic) bond motifs is 1. The van der Waals surface area contributed by atoms with Gasteiger partial charge in [-0.3, -0.25) is 9.69 Å². The van der Waals surface area contributed by atoms with Gasteiger partial charge >= 0.3 is 0 Å². The smallest absolute Gasteiger partial charge is 0.273 e. The zero-order valence-electron chi connectivity index (χ0n) is 15.7. The Kier molecular flexibility index (Phi) is 4.90. The van der Waals surface area contributed by atoms with Gasteiger partial charge in [-0.15, -0.1) is 0 Å². The van der Waals surface area contributed by atoms with Crippen LogP contribution >= 0.6 is 0 Å². The van der Waals surface area contributed by atoms with Crippen LogP contribution < -0.4 is 0 Å². The molecule has 25 heavy (non-hydrogen) atoms. The van der Waals surface area contributed by atoms with E-state index in [2.05, 4.69) is 40.3 Å². The fourth-order valence-corrected chi connectivity index (χ4v) is 3.21. The monoisotopic (exact) mass is 341 g/mol. The van der Waals surface area contributed by atoms with Crippen molar-refractivity contribution in [3.05, 3.63) is 47.3 Å². The van der Waals surface area contributed by atoms with E-state index in [4.69, 9.17) is 0 Å². The lowest BCUT2D eigenvalue weighted by atomic mass is 10.1. The number of rotatable bonds is 4. The van der Waals surface area contributed by atoms with Crippen molar-refractivity contribution >= 4 is 5.91 Å². The van der Waals surface area contributed by atoms with Crippen molar-refractivity contribution in [3.8, 4) is 0 Å². The minimum absolute atomic E-state index is 0.0219. The van der Waals surface area contributed by atoms with E-state index in [-0.39, 0.29) is 11.9 Å². The Balaban J connectivity index is 1.81. The number of carbonyl (C=O) groups excluding carboxylic acids is 1. The Labute approximate surface area is 149 Å². The van der Waals surface area contributed by atoms with Crippen molar-refractivity contribution in [1.82, 2.24) is 24.3 Å². The predicted molar refractivity (Wildman–Crippen MR) is 97.3 cm³/mol. The van der Waals surface area contributed by atoms with E-state index in [1.165, 1.54) is 5.69 Å². The summed E-state index contributed by atoms with van der Waals surface area (Å²) in [5, 5.41) is 0. The number of hydrogen-bond donors (Lipinski definition) is 0. The van der Waals surface area contributed by atoms with Gasteiger partial charge in [-0.25, -0.2) is 9.97 Å². The van der Waals surface area contributed by atoms with Crippen LogP contribution in [0.5, 0.6) is 0 Å². The Morgan fingerprint density at radius 2 is 2.12 bits per heavy atom. The number of pyridine rings is 1. The summed E-state index contributed by atoms with van der Waals surface area (Å²) in [6.45, 7) is 10.6.